The van der Waals surface area contributed by atoms with Crippen molar-refractivity contribution in [3.8, 4) is 5.75 Å². The van der Waals surface area contributed by atoms with Gasteiger partial charge in [0.25, 0.3) is 0 Å². The number of ether oxygens (including phenoxy) is 1. The zero-order valence-electron chi connectivity index (χ0n) is 12.0. The first kappa shape index (κ1) is 14.9. The number of rotatable bonds is 3. The van der Waals surface area contributed by atoms with E-state index >= 15 is 0 Å². The van der Waals surface area contributed by atoms with E-state index in [2.05, 4.69) is 11.1 Å². The van der Waals surface area contributed by atoms with E-state index in [1.54, 1.807) is 24.3 Å². The summed E-state index contributed by atoms with van der Waals surface area (Å²) in [6.45, 7) is 1.88. The van der Waals surface area contributed by atoms with Gasteiger partial charge in [-0.05, 0) is 31.2 Å². The molecule has 0 aliphatic carbocycles. The van der Waals surface area contributed by atoms with Crippen molar-refractivity contribution in [3.05, 3.63) is 63.3 Å². The van der Waals surface area contributed by atoms with Crippen molar-refractivity contribution in [3.63, 3.8) is 0 Å². The minimum Gasteiger partial charge on any atom is -0.496 e. The smallest absolute Gasteiger partial charge is 0.200 e. The van der Waals surface area contributed by atoms with Crippen molar-refractivity contribution in [2.45, 2.75) is 6.92 Å². The van der Waals surface area contributed by atoms with Crippen LogP contribution in [0.15, 0.2) is 30.3 Å². The van der Waals surface area contributed by atoms with Crippen molar-refractivity contribution < 1.29 is 9.53 Å². The number of aromatic amines is 1. The summed E-state index contributed by atoms with van der Waals surface area (Å²) < 4.78 is 5.34. The molecule has 0 aliphatic heterocycles. The third kappa shape index (κ3) is 2.36. The molecule has 0 saturated heterocycles. The molecule has 0 unspecified atom stereocenters. The van der Waals surface area contributed by atoms with Crippen LogP contribution in [0.2, 0.25) is 10.0 Å². The molecule has 5 heteroatoms. The summed E-state index contributed by atoms with van der Waals surface area (Å²) in [5, 5.41) is 1.28. The van der Waals surface area contributed by atoms with Crippen molar-refractivity contribution in [2.75, 3.05) is 7.11 Å². The largest absolute Gasteiger partial charge is 0.496 e. The Morgan fingerprint density at radius 1 is 1.14 bits per heavy atom. The van der Waals surface area contributed by atoms with Gasteiger partial charge in [0.05, 0.1) is 28.3 Å². The highest BCUT2D eigenvalue weighted by atomic mass is 35.5. The van der Waals surface area contributed by atoms with Crippen LogP contribution in [0.1, 0.15) is 21.6 Å². The van der Waals surface area contributed by atoms with E-state index in [0.717, 1.165) is 11.2 Å². The van der Waals surface area contributed by atoms with Gasteiger partial charge in [0.1, 0.15) is 5.75 Å². The van der Waals surface area contributed by atoms with E-state index in [0.29, 0.717) is 26.7 Å². The van der Waals surface area contributed by atoms with Gasteiger partial charge in [0.2, 0.25) is 0 Å². The Hall–Kier alpha value is -1.97. The predicted molar refractivity (Wildman–Crippen MR) is 88.3 cm³/mol. The van der Waals surface area contributed by atoms with Crippen LogP contribution in [0.5, 0.6) is 5.75 Å². The molecule has 3 aromatic rings. The van der Waals surface area contributed by atoms with Gasteiger partial charge in [-0.25, -0.2) is 0 Å². The second-order valence-corrected chi connectivity index (χ2v) is 5.68. The number of benzene rings is 2. The van der Waals surface area contributed by atoms with Crippen molar-refractivity contribution >= 4 is 39.9 Å². The third-order valence-electron chi connectivity index (χ3n) is 3.44. The van der Waals surface area contributed by atoms with Gasteiger partial charge in [0.15, 0.2) is 5.78 Å². The van der Waals surface area contributed by atoms with Crippen LogP contribution in [0.3, 0.4) is 0 Å². The van der Waals surface area contributed by atoms with Crippen LogP contribution in [-0.2, 0) is 0 Å². The standard InChI is InChI=1S/C17H12Cl2NO2/c1-9-8-10-13(20-9)6-7-14(22-2)15(10)17(21)16-11(18)4-3-5-12(16)19/h3-7,20H,1-2H3. The van der Waals surface area contributed by atoms with Gasteiger partial charge in [-0.15, -0.1) is 0 Å². The molecule has 3 rings (SSSR count). The Morgan fingerprint density at radius 3 is 2.45 bits per heavy atom. The Labute approximate surface area is 137 Å². The molecule has 1 heterocycles. The lowest BCUT2D eigenvalue weighted by Gasteiger charge is -2.11. The lowest BCUT2D eigenvalue weighted by Crippen LogP contribution is -2.06. The van der Waals surface area contributed by atoms with E-state index < -0.39 is 0 Å². The van der Waals surface area contributed by atoms with E-state index in [9.17, 15) is 4.79 Å². The quantitative estimate of drug-likeness (QED) is 0.698. The number of halogens is 2. The lowest BCUT2D eigenvalue weighted by atomic mass is 9.98. The topological polar surface area (TPSA) is 42.1 Å². The van der Waals surface area contributed by atoms with Gasteiger partial charge >= 0.3 is 0 Å². The maximum atomic E-state index is 13.0. The van der Waals surface area contributed by atoms with Crippen LogP contribution < -0.4 is 4.74 Å². The van der Waals surface area contributed by atoms with E-state index in [4.69, 9.17) is 27.9 Å². The first-order chi connectivity index (χ1) is 10.5. The lowest BCUT2D eigenvalue weighted by molar-refractivity contribution is 0.103. The Morgan fingerprint density at radius 2 is 1.82 bits per heavy atom. The number of nitrogens with one attached hydrogen (secondary N) is 1. The maximum Gasteiger partial charge on any atom is 0.200 e. The molecule has 0 amide bonds. The fraction of sp³-hybridized carbons (Fsp3) is 0.118. The molecule has 0 atom stereocenters. The van der Waals surface area contributed by atoms with E-state index in [-0.39, 0.29) is 11.3 Å². The second kappa shape index (κ2) is 5.67. The van der Waals surface area contributed by atoms with Gasteiger partial charge in [-0.3, -0.25) is 4.79 Å². The van der Waals surface area contributed by atoms with Crippen LogP contribution >= 0.6 is 23.2 Å². The molecule has 0 spiro atoms. The van der Waals surface area contributed by atoms with Crippen LogP contribution in [-0.4, -0.2) is 17.9 Å². The molecular weight excluding hydrogens is 321 g/mol. The Balaban J connectivity index is 2.31. The predicted octanol–water partition coefficient (Wildman–Crippen LogP) is 4.82. The van der Waals surface area contributed by atoms with Gasteiger partial charge < -0.3 is 9.72 Å². The summed E-state index contributed by atoms with van der Waals surface area (Å²) >= 11 is 12.3. The zero-order valence-corrected chi connectivity index (χ0v) is 13.5. The fourth-order valence-electron chi connectivity index (χ4n) is 2.47. The Kier molecular flexibility index (Phi) is 3.85. The maximum absolute atomic E-state index is 13.0. The molecular formula is C17H12Cl2NO2. The normalized spacial score (nSPS) is 10.9. The number of fused-ring (bicyclic) bond motifs is 1. The van der Waals surface area contributed by atoms with Crippen LogP contribution in [0, 0.1) is 13.0 Å². The molecule has 111 valence electrons. The first-order valence-corrected chi connectivity index (χ1v) is 7.36. The SMILES string of the molecule is COc1ccc2[nH]c(C)[c]c2c1C(=O)c1c(Cl)cccc1Cl. The highest BCUT2D eigenvalue weighted by Gasteiger charge is 2.23. The molecule has 1 radical (unpaired) electrons. The van der Waals surface area contributed by atoms with Gasteiger partial charge in [-0.1, -0.05) is 29.3 Å². The molecule has 22 heavy (non-hydrogen) atoms. The summed E-state index contributed by atoms with van der Waals surface area (Å²) in [7, 11) is 1.52. The summed E-state index contributed by atoms with van der Waals surface area (Å²) in [6, 6.07) is 11.7. The number of carbonyl (C=O) groups excluding carboxylic acids is 1. The molecule has 2 aromatic carbocycles. The van der Waals surface area contributed by atoms with Crippen molar-refractivity contribution in [1.82, 2.24) is 4.98 Å². The summed E-state index contributed by atoms with van der Waals surface area (Å²) in [5.74, 6) is 0.178. The number of carbonyl (C=O) groups is 1. The number of ketones is 1. The molecule has 0 fully saturated rings. The number of aryl methyl sites for hydroxylation is 1. The van der Waals surface area contributed by atoms with E-state index in [1.165, 1.54) is 7.11 Å². The minimum atomic E-state index is -0.284. The number of aromatic nitrogens is 1. The fourth-order valence-corrected chi connectivity index (χ4v) is 3.04. The first-order valence-electron chi connectivity index (χ1n) is 6.60. The number of H-pyrrole nitrogens is 1. The molecule has 0 aliphatic rings. The molecule has 3 nitrogen and oxygen atoms in total. The van der Waals surface area contributed by atoms with Gasteiger partial charge in [-0.2, -0.15) is 0 Å². The van der Waals surface area contributed by atoms with Crippen molar-refractivity contribution in [2.24, 2.45) is 0 Å². The van der Waals surface area contributed by atoms with E-state index in [1.807, 2.05) is 13.0 Å². The molecule has 1 N–H and O–H groups in total. The minimum absolute atomic E-state index is 0.267. The summed E-state index contributed by atoms with van der Waals surface area (Å²) in [6.07, 6.45) is 0. The summed E-state index contributed by atoms with van der Waals surface area (Å²) in [5.41, 5.74) is 2.32. The molecule has 0 bridgehead atoms. The highest BCUT2D eigenvalue weighted by Crippen LogP contribution is 2.34. The summed E-state index contributed by atoms with van der Waals surface area (Å²) in [4.78, 5) is 16.2. The average Bonchev–Trinajstić information content (AvgIpc) is 2.85. The second-order valence-electron chi connectivity index (χ2n) is 4.87. The third-order valence-corrected chi connectivity index (χ3v) is 4.07. The van der Waals surface area contributed by atoms with Gasteiger partial charge in [0, 0.05) is 22.7 Å². The average molecular weight is 333 g/mol. The molecule has 1 aromatic heterocycles. The number of hydrogen-bond donors (Lipinski definition) is 1. The highest BCUT2D eigenvalue weighted by molar-refractivity contribution is 6.41. The van der Waals surface area contributed by atoms with Crippen LogP contribution in [0.4, 0.5) is 0 Å². The Bertz CT molecular complexity index is 863. The number of hydrogen-bond acceptors (Lipinski definition) is 2. The zero-order chi connectivity index (χ0) is 15.9. The monoisotopic (exact) mass is 332 g/mol. The van der Waals surface area contributed by atoms with Crippen molar-refractivity contribution in [1.29, 1.82) is 0 Å². The number of methoxy groups -OCH3 is 1. The van der Waals surface area contributed by atoms with Crippen LogP contribution in [0.25, 0.3) is 10.9 Å². The molecule has 0 saturated carbocycles.